The van der Waals surface area contributed by atoms with Crippen LogP contribution in [-0.2, 0) is 15.6 Å². The zero-order chi connectivity index (χ0) is 13.9. The molecule has 1 amide bonds. The van der Waals surface area contributed by atoms with Crippen LogP contribution in [0.25, 0.3) is 0 Å². The average molecular weight is 292 g/mol. The Labute approximate surface area is 121 Å². The number of anilines is 2. The maximum absolute atomic E-state index is 11.7. The summed E-state index contributed by atoms with van der Waals surface area (Å²) in [5.41, 5.74) is 1.88. The van der Waals surface area contributed by atoms with Gasteiger partial charge in [-0.25, -0.2) is 0 Å². The van der Waals surface area contributed by atoms with Crippen LogP contribution in [-0.4, -0.2) is 27.7 Å². The van der Waals surface area contributed by atoms with E-state index in [1.54, 1.807) is 0 Å². The van der Waals surface area contributed by atoms with Gasteiger partial charge in [-0.1, -0.05) is 6.07 Å². The highest BCUT2D eigenvalue weighted by Gasteiger charge is 2.29. The van der Waals surface area contributed by atoms with Crippen molar-refractivity contribution in [3.63, 3.8) is 0 Å². The fraction of sp³-hybridized carbons (Fsp3) is 0.533. The van der Waals surface area contributed by atoms with E-state index in [2.05, 4.69) is 10.6 Å². The minimum atomic E-state index is -0.626. The standard InChI is InChI=1S/C15H20N2O2S/c18-15(11-4-5-11)17-14-3-1-2-13(10-14)16-12-6-8-20(19)9-7-12/h1-3,10-12,16H,4-9H2,(H,17,18). The van der Waals surface area contributed by atoms with Crippen LogP contribution >= 0.6 is 0 Å². The number of nitrogens with one attached hydrogen (secondary N) is 2. The van der Waals surface area contributed by atoms with Crippen molar-refractivity contribution in [3.05, 3.63) is 24.3 Å². The van der Waals surface area contributed by atoms with Gasteiger partial charge in [0, 0.05) is 45.6 Å². The van der Waals surface area contributed by atoms with Gasteiger partial charge in [-0.3, -0.25) is 9.00 Å². The summed E-state index contributed by atoms with van der Waals surface area (Å²) in [5.74, 6) is 1.93. The second-order valence-corrected chi connectivity index (χ2v) is 7.31. The Kier molecular flexibility index (Phi) is 4.05. The average Bonchev–Trinajstić information content (AvgIpc) is 3.26. The van der Waals surface area contributed by atoms with Crippen LogP contribution in [0.2, 0.25) is 0 Å². The Morgan fingerprint density at radius 3 is 2.50 bits per heavy atom. The SMILES string of the molecule is O=C(Nc1cccc(NC2CCS(=O)CC2)c1)C1CC1. The molecule has 1 saturated heterocycles. The molecule has 4 nitrogen and oxygen atoms in total. The van der Waals surface area contributed by atoms with Gasteiger partial charge in [-0.05, 0) is 43.9 Å². The smallest absolute Gasteiger partial charge is 0.227 e. The summed E-state index contributed by atoms with van der Waals surface area (Å²) in [5, 5.41) is 6.44. The van der Waals surface area contributed by atoms with Crippen LogP contribution in [0.15, 0.2) is 24.3 Å². The summed E-state index contributed by atoms with van der Waals surface area (Å²) in [6.45, 7) is 0. The van der Waals surface area contributed by atoms with Crippen molar-refractivity contribution in [1.82, 2.24) is 0 Å². The Morgan fingerprint density at radius 2 is 1.80 bits per heavy atom. The molecule has 3 rings (SSSR count). The van der Waals surface area contributed by atoms with Gasteiger partial charge in [0.05, 0.1) is 0 Å². The lowest BCUT2D eigenvalue weighted by atomic mass is 10.1. The molecule has 0 spiro atoms. The molecule has 1 aromatic rings. The van der Waals surface area contributed by atoms with E-state index in [0.717, 1.165) is 48.6 Å². The molecule has 1 heterocycles. The molecule has 0 bridgehead atoms. The molecule has 0 unspecified atom stereocenters. The number of hydrogen-bond donors (Lipinski definition) is 2. The van der Waals surface area contributed by atoms with Crippen LogP contribution < -0.4 is 10.6 Å². The fourth-order valence-electron chi connectivity index (χ4n) is 2.45. The first kappa shape index (κ1) is 13.6. The molecule has 1 aliphatic heterocycles. The van der Waals surface area contributed by atoms with Gasteiger partial charge in [-0.2, -0.15) is 0 Å². The van der Waals surface area contributed by atoms with E-state index in [4.69, 9.17) is 0 Å². The van der Waals surface area contributed by atoms with Crippen molar-refractivity contribution < 1.29 is 9.00 Å². The third kappa shape index (κ3) is 3.60. The maximum Gasteiger partial charge on any atom is 0.227 e. The first-order chi connectivity index (χ1) is 9.70. The summed E-state index contributed by atoms with van der Waals surface area (Å²) in [7, 11) is -0.626. The van der Waals surface area contributed by atoms with Crippen LogP contribution in [0.1, 0.15) is 25.7 Å². The van der Waals surface area contributed by atoms with Gasteiger partial charge >= 0.3 is 0 Å². The monoisotopic (exact) mass is 292 g/mol. The quantitative estimate of drug-likeness (QED) is 0.895. The van der Waals surface area contributed by atoms with Gasteiger partial charge in [0.15, 0.2) is 0 Å². The molecule has 108 valence electrons. The zero-order valence-electron chi connectivity index (χ0n) is 11.4. The highest BCUT2D eigenvalue weighted by atomic mass is 32.2. The van der Waals surface area contributed by atoms with Crippen LogP contribution in [0.5, 0.6) is 0 Å². The predicted molar refractivity (Wildman–Crippen MR) is 82.3 cm³/mol. The molecule has 1 aromatic carbocycles. The van der Waals surface area contributed by atoms with Crippen LogP contribution in [0.3, 0.4) is 0 Å². The molecule has 2 fully saturated rings. The fourth-order valence-corrected chi connectivity index (χ4v) is 3.75. The summed E-state index contributed by atoms with van der Waals surface area (Å²) in [4.78, 5) is 11.7. The predicted octanol–water partition coefficient (Wildman–Crippen LogP) is 2.36. The number of rotatable bonds is 4. The van der Waals surface area contributed by atoms with Crippen LogP contribution in [0.4, 0.5) is 11.4 Å². The number of hydrogen-bond acceptors (Lipinski definition) is 3. The van der Waals surface area contributed by atoms with Gasteiger partial charge in [-0.15, -0.1) is 0 Å². The van der Waals surface area contributed by atoms with Crippen LogP contribution in [0, 0.1) is 5.92 Å². The Bertz CT molecular complexity index is 518. The zero-order valence-corrected chi connectivity index (χ0v) is 12.2. The van der Waals surface area contributed by atoms with Crippen molar-refractivity contribution in [2.75, 3.05) is 22.1 Å². The lowest BCUT2D eigenvalue weighted by molar-refractivity contribution is -0.117. The molecule has 5 heteroatoms. The molecule has 0 aromatic heterocycles. The number of carbonyl (C=O) groups excluding carboxylic acids is 1. The summed E-state index contributed by atoms with van der Waals surface area (Å²) >= 11 is 0. The molecular formula is C15H20N2O2S. The van der Waals surface area contributed by atoms with E-state index in [1.165, 1.54) is 0 Å². The largest absolute Gasteiger partial charge is 0.382 e. The Hall–Kier alpha value is -1.36. The summed E-state index contributed by atoms with van der Waals surface area (Å²) in [6, 6.07) is 8.25. The lowest BCUT2D eigenvalue weighted by Crippen LogP contribution is -2.29. The number of carbonyl (C=O) groups is 1. The van der Waals surface area contributed by atoms with Crippen molar-refractivity contribution in [3.8, 4) is 0 Å². The maximum atomic E-state index is 11.7. The van der Waals surface area contributed by atoms with E-state index in [9.17, 15) is 9.00 Å². The summed E-state index contributed by atoms with van der Waals surface area (Å²) < 4.78 is 11.3. The lowest BCUT2D eigenvalue weighted by Gasteiger charge is -2.23. The number of amides is 1. The molecule has 1 saturated carbocycles. The third-order valence-electron chi connectivity index (χ3n) is 3.84. The molecule has 2 N–H and O–H groups in total. The summed E-state index contributed by atoms with van der Waals surface area (Å²) in [6.07, 6.45) is 3.93. The molecule has 2 aliphatic rings. The molecule has 0 radical (unpaired) electrons. The van der Waals surface area contributed by atoms with Gasteiger partial charge in [0.2, 0.25) is 5.91 Å². The molecular weight excluding hydrogens is 272 g/mol. The minimum absolute atomic E-state index is 0.134. The van der Waals surface area contributed by atoms with Gasteiger partial charge < -0.3 is 10.6 Å². The van der Waals surface area contributed by atoms with Gasteiger partial charge in [0.25, 0.3) is 0 Å². The van der Waals surface area contributed by atoms with Crippen molar-refractivity contribution in [2.45, 2.75) is 31.7 Å². The highest BCUT2D eigenvalue weighted by molar-refractivity contribution is 7.85. The third-order valence-corrected chi connectivity index (χ3v) is 5.22. The Balaban J connectivity index is 1.58. The van der Waals surface area contributed by atoms with E-state index < -0.39 is 10.8 Å². The van der Waals surface area contributed by atoms with E-state index in [0.29, 0.717) is 6.04 Å². The minimum Gasteiger partial charge on any atom is -0.382 e. The molecule has 0 atom stereocenters. The second-order valence-electron chi connectivity index (χ2n) is 5.61. The van der Waals surface area contributed by atoms with Crippen molar-refractivity contribution in [2.24, 2.45) is 5.92 Å². The van der Waals surface area contributed by atoms with Crippen molar-refractivity contribution in [1.29, 1.82) is 0 Å². The second kappa shape index (κ2) is 5.95. The van der Waals surface area contributed by atoms with E-state index in [-0.39, 0.29) is 11.8 Å². The normalized spacial score (nSPS) is 26.0. The first-order valence-electron chi connectivity index (χ1n) is 7.23. The Morgan fingerprint density at radius 1 is 1.10 bits per heavy atom. The van der Waals surface area contributed by atoms with E-state index in [1.807, 2.05) is 24.3 Å². The van der Waals surface area contributed by atoms with Crippen molar-refractivity contribution >= 4 is 28.1 Å². The molecule has 1 aliphatic carbocycles. The first-order valence-corrected chi connectivity index (χ1v) is 8.72. The topological polar surface area (TPSA) is 58.2 Å². The number of benzene rings is 1. The molecule has 20 heavy (non-hydrogen) atoms. The van der Waals surface area contributed by atoms with Gasteiger partial charge in [0.1, 0.15) is 0 Å². The van der Waals surface area contributed by atoms with E-state index >= 15 is 0 Å². The highest BCUT2D eigenvalue weighted by Crippen LogP contribution is 2.30.